The molecule has 0 fully saturated rings. The third-order valence-corrected chi connectivity index (χ3v) is 6.17. The first-order valence-corrected chi connectivity index (χ1v) is 10.5. The fourth-order valence-electron chi connectivity index (χ4n) is 3.99. The zero-order chi connectivity index (χ0) is 20.6. The van der Waals surface area contributed by atoms with E-state index in [1.165, 1.54) is 5.56 Å². The number of ketones is 1. The number of rotatable bonds is 5. The Balaban J connectivity index is 1.59. The molecule has 4 nitrogen and oxygen atoms in total. The molecule has 0 radical (unpaired) electrons. The van der Waals surface area contributed by atoms with Gasteiger partial charge in [0.15, 0.2) is 11.6 Å². The lowest BCUT2D eigenvalue weighted by atomic mass is 9.85. The summed E-state index contributed by atoms with van der Waals surface area (Å²) < 4.78 is 6.24. The van der Waals surface area contributed by atoms with Gasteiger partial charge in [-0.05, 0) is 48.1 Å². The quantitative estimate of drug-likeness (QED) is 0.671. The van der Waals surface area contributed by atoms with Crippen LogP contribution in [-0.4, -0.2) is 29.5 Å². The molecule has 2 heterocycles. The third-order valence-electron chi connectivity index (χ3n) is 6.17. The van der Waals surface area contributed by atoms with Crippen molar-refractivity contribution >= 4 is 17.3 Å². The van der Waals surface area contributed by atoms with Gasteiger partial charge in [-0.25, -0.2) is 4.99 Å². The second-order valence-corrected chi connectivity index (χ2v) is 8.28. The van der Waals surface area contributed by atoms with Crippen molar-refractivity contribution in [3.05, 3.63) is 64.7 Å². The summed E-state index contributed by atoms with van der Waals surface area (Å²) in [6.45, 7) is 9.06. The van der Waals surface area contributed by atoms with Crippen LogP contribution in [0.25, 0.3) is 0 Å². The van der Waals surface area contributed by atoms with Gasteiger partial charge in [0.2, 0.25) is 0 Å². The maximum atomic E-state index is 12.8. The number of fused-ring (bicyclic) bond motifs is 1. The van der Waals surface area contributed by atoms with E-state index in [2.05, 4.69) is 57.0 Å². The van der Waals surface area contributed by atoms with E-state index in [-0.39, 0.29) is 11.4 Å². The first kappa shape index (κ1) is 19.6. The monoisotopic (exact) mass is 388 g/mol. The van der Waals surface area contributed by atoms with Crippen molar-refractivity contribution in [3.8, 4) is 5.75 Å². The Labute approximate surface area is 172 Å². The zero-order valence-electron chi connectivity index (χ0n) is 17.7. The van der Waals surface area contributed by atoms with E-state index in [4.69, 9.17) is 9.73 Å². The molecule has 4 rings (SSSR count). The smallest absolute Gasteiger partial charge is 0.170 e. The number of carbonyl (C=O) groups is 1. The Morgan fingerprint density at radius 3 is 2.38 bits per heavy atom. The molecule has 0 aliphatic carbocycles. The van der Waals surface area contributed by atoms with Gasteiger partial charge in [0.05, 0.1) is 24.2 Å². The van der Waals surface area contributed by atoms with Gasteiger partial charge in [-0.3, -0.25) is 9.79 Å². The first-order valence-electron chi connectivity index (χ1n) is 10.5. The molecule has 0 bridgehead atoms. The van der Waals surface area contributed by atoms with Gasteiger partial charge < -0.3 is 4.74 Å². The van der Waals surface area contributed by atoms with Crippen LogP contribution in [0.15, 0.2) is 52.4 Å². The van der Waals surface area contributed by atoms with Gasteiger partial charge in [-0.1, -0.05) is 52.0 Å². The highest BCUT2D eigenvalue weighted by atomic mass is 16.5. The maximum Gasteiger partial charge on any atom is 0.170 e. The van der Waals surface area contributed by atoms with Crippen LogP contribution in [0.3, 0.4) is 0 Å². The lowest BCUT2D eigenvalue weighted by Crippen LogP contribution is -2.41. The largest absolute Gasteiger partial charge is 0.486 e. The number of benzene rings is 2. The molecule has 0 saturated heterocycles. The minimum absolute atomic E-state index is 0.154. The van der Waals surface area contributed by atoms with Crippen molar-refractivity contribution in [2.45, 2.75) is 58.5 Å². The molecule has 2 aromatic rings. The summed E-state index contributed by atoms with van der Waals surface area (Å²) >= 11 is 0. The van der Waals surface area contributed by atoms with Crippen LogP contribution in [0.5, 0.6) is 5.75 Å². The number of ether oxygens (including phenoxy) is 1. The van der Waals surface area contributed by atoms with Gasteiger partial charge in [-0.2, -0.15) is 0 Å². The number of Topliss-reactive ketones (excluding diaryl/α,β-unsaturated/α-hetero) is 1. The summed E-state index contributed by atoms with van der Waals surface area (Å²) in [5, 5.41) is 0. The summed E-state index contributed by atoms with van der Waals surface area (Å²) in [5.41, 5.74) is 4.47. The van der Waals surface area contributed by atoms with E-state index in [0.29, 0.717) is 30.2 Å². The fraction of sp³-hybridized carbons (Fsp3) is 0.400. The van der Waals surface area contributed by atoms with Crippen LogP contribution in [0.4, 0.5) is 0 Å². The molecule has 4 heteroatoms. The molecular formula is C25H28N2O2. The number of nitrogens with zero attached hydrogens (tertiary/aromatic N) is 2. The maximum absolute atomic E-state index is 12.8. The van der Waals surface area contributed by atoms with Crippen molar-refractivity contribution < 1.29 is 9.53 Å². The van der Waals surface area contributed by atoms with E-state index in [9.17, 15) is 4.79 Å². The normalized spacial score (nSPS) is 17.6. The van der Waals surface area contributed by atoms with Gasteiger partial charge >= 0.3 is 0 Å². The summed E-state index contributed by atoms with van der Waals surface area (Å²) in [6.07, 6.45) is 2.10. The molecule has 0 amide bonds. The lowest BCUT2D eigenvalue weighted by molar-refractivity contribution is 0.0350. The standard InChI is InChI=1S/C25H28N2O2/c1-5-25(6-2)14-22(28)20-13-19(11-12-23(20)29-25)21-15-26-24(27-21)18-9-7-17(8-10-18)16(3)4/h7-13,16H,5-6,14-15H2,1-4H3. The Morgan fingerprint density at radius 2 is 1.72 bits per heavy atom. The van der Waals surface area contributed by atoms with Gasteiger partial charge in [0, 0.05) is 5.56 Å². The molecule has 0 unspecified atom stereocenters. The number of amidine groups is 1. The lowest BCUT2D eigenvalue weighted by Gasteiger charge is -2.36. The van der Waals surface area contributed by atoms with Crippen molar-refractivity contribution in [1.29, 1.82) is 0 Å². The summed E-state index contributed by atoms with van der Waals surface area (Å²) in [6, 6.07) is 14.3. The highest BCUT2D eigenvalue weighted by Gasteiger charge is 2.37. The highest BCUT2D eigenvalue weighted by molar-refractivity contribution is 6.17. The van der Waals surface area contributed by atoms with Crippen molar-refractivity contribution in [1.82, 2.24) is 0 Å². The van der Waals surface area contributed by atoms with Crippen molar-refractivity contribution in [2.24, 2.45) is 9.98 Å². The molecule has 2 aliphatic heterocycles. The first-order chi connectivity index (χ1) is 13.9. The summed E-state index contributed by atoms with van der Waals surface area (Å²) in [5.74, 6) is 2.10. The molecule has 0 N–H and O–H groups in total. The topological polar surface area (TPSA) is 51.0 Å². The summed E-state index contributed by atoms with van der Waals surface area (Å²) in [4.78, 5) is 22.2. The SMILES string of the molecule is CCC1(CC)CC(=O)c2cc(C3=NC(c4ccc(C(C)C)cc4)=NC3)ccc2O1. The Bertz CT molecular complexity index is 996. The van der Waals surface area contributed by atoms with E-state index in [1.54, 1.807) is 0 Å². The molecule has 150 valence electrons. The Hall–Kier alpha value is -2.75. The molecule has 0 spiro atoms. The van der Waals surface area contributed by atoms with Crippen LogP contribution >= 0.6 is 0 Å². The third kappa shape index (κ3) is 3.64. The van der Waals surface area contributed by atoms with Crippen LogP contribution in [0.2, 0.25) is 0 Å². The minimum atomic E-state index is -0.366. The predicted octanol–water partition coefficient (Wildman–Crippen LogP) is 5.58. The molecule has 29 heavy (non-hydrogen) atoms. The zero-order valence-corrected chi connectivity index (χ0v) is 17.7. The average molecular weight is 389 g/mol. The minimum Gasteiger partial charge on any atom is -0.486 e. The van der Waals surface area contributed by atoms with Crippen molar-refractivity contribution in [2.75, 3.05) is 6.54 Å². The van der Waals surface area contributed by atoms with E-state index >= 15 is 0 Å². The number of hydrogen-bond donors (Lipinski definition) is 0. The predicted molar refractivity (Wildman–Crippen MR) is 118 cm³/mol. The van der Waals surface area contributed by atoms with Gasteiger partial charge in [0.25, 0.3) is 0 Å². The van der Waals surface area contributed by atoms with Crippen LogP contribution in [0, 0.1) is 0 Å². The number of aliphatic imine (C=N–C) groups is 2. The van der Waals surface area contributed by atoms with E-state index in [0.717, 1.165) is 35.5 Å². The molecular weight excluding hydrogens is 360 g/mol. The average Bonchev–Trinajstić information content (AvgIpc) is 3.23. The van der Waals surface area contributed by atoms with Crippen LogP contribution in [-0.2, 0) is 0 Å². The highest BCUT2D eigenvalue weighted by Crippen LogP contribution is 2.37. The van der Waals surface area contributed by atoms with Gasteiger partial charge in [0.1, 0.15) is 11.4 Å². The molecule has 0 aromatic heterocycles. The molecule has 0 atom stereocenters. The fourth-order valence-corrected chi connectivity index (χ4v) is 3.99. The second-order valence-electron chi connectivity index (χ2n) is 8.28. The molecule has 2 aliphatic rings. The summed E-state index contributed by atoms with van der Waals surface area (Å²) in [7, 11) is 0. The van der Waals surface area contributed by atoms with Crippen LogP contribution < -0.4 is 4.74 Å². The molecule has 0 saturated carbocycles. The Kier molecular flexibility index (Phi) is 5.12. The number of hydrogen-bond acceptors (Lipinski definition) is 4. The van der Waals surface area contributed by atoms with E-state index in [1.807, 2.05) is 18.2 Å². The van der Waals surface area contributed by atoms with E-state index < -0.39 is 0 Å². The van der Waals surface area contributed by atoms with Crippen molar-refractivity contribution in [3.63, 3.8) is 0 Å². The number of carbonyl (C=O) groups excluding carboxylic acids is 1. The Morgan fingerprint density at radius 1 is 1.03 bits per heavy atom. The second kappa shape index (κ2) is 7.58. The molecule has 2 aromatic carbocycles. The van der Waals surface area contributed by atoms with Crippen LogP contribution in [0.1, 0.15) is 79.9 Å². The van der Waals surface area contributed by atoms with Gasteiger partial charge in [-0.15, -0.1) is 0 Å².